The van der Waals surface area contributed by atoms with Crippen molar-refractivity contribution in [3.05, 3.63) is 34.9 Å². The number of nitrogens with zero attached hydrogens (tertiary/aromatic N) is 1. The number of unbranched alkanes of at least 4 members (excludes halogenated alkanes) is 1. The topological polar surface area (TPSA) is 15.3 Å². The number of hydrogen-bond donors (Lipinski definition) is 1. The number of allylic oxidation sites excluding steroid dienone is 5. The minimum Gasteiger partial charge on any atom is -0.311 e. The van der Waals surface area contributed by atoms with Crippen molar-refractivity contribution in [2.24, 2.45) is 0 Å². The van der Waals surface area contributed by atoms with Gasteiger partial charge in [0.2, 0.25) is 0 Å². The van der Waals surface area contributed by atoms with E-state index in [-0.39, 0.29) is 0 Å². The summed E-state index contributed by atoms with van der Waals surface area (Å²) in [6.07, 6.45) is 15.8. The summed E-state index contributed by atoms with van der Waals surface area (Å²) in [7, 11) is 0. The minimum atomic E-state index is 0.614. The fourth-order valence-electron chi connectivity index (χ4n) is 3.20. The largest absolute Gasteiger partial charge is 0.311 e. The predicted octanol–water partition coefficient (Wildman–Crippen LogP) is 6.90. The Morgan fingerprint density at radius 2 is 1.44 bits per heavy atom. The summed E-state index contributed by atoms with van der Waals surface area (Å²) >= 11 is 0. The third kappa shape index (κ3) is 17.0. The maximum atomic E-state index is 3.66. The lowest BCUT2D eigenvalue weighted by Gasteiger charge is -2.18. The van der Waals surface area contributed by atoms with Gasteiger partial charge in [0.05, 0.1) is 0 Å². The van der Waals surface area contributed by atoms with E-state index in [9.17, 15) is 0 Å². The van der Waals surface area contributed by atoms with Crippen LogP contribution in [0.25, 0.3) is 0 Å². The molecule has 0 saturated carbocycles. The molecule has 0 fully saturated rings. The average Bonchev–Trinajstić information content (AvgIpc) is 2.61. The van der Waals surface area contributed by atoms with Crippen LogP contribution in [0.3, 0.4) is 0 Å². The van der Waals surface area contributed by atoms with Crippen molar-refractivity contribution < 1.29 is 0 Å². The van der Waals surface area contributed by atoms with Gasteiger partial charge in [0.15, 0.2) is 0 Å². The zero-order valence-electron chi connectivity index (χ0n) is 19.5. The quantitative estimate of drug-likeness (QED) is 0.233. The van der Waals surface area contributed by atoms with Crippen molar-refractivity contribution in [2.45, 2.75) is 99.5 Å². The molecule has 0 rings (SSSR count). The van der Waals surface area contributed by atoms with Gasteiger partial charge in [-0.1, -0.05) is 55.2 Å². The third-order valence-electron chi connectivity index (χ3n) is 5.30. The molecule has 0 aliphatic carbocycles. The summed E-state index contributed by atoms with van der Waals surface area (Å²) < 4.78 is 0. The summed E-state index contributed by atoms with van der Waals surface area (Å²) in [4.78, 5) is 2.52. The highest BCUT2D eigenvalue weighted by molar-refractivity contribution is 5.05. The first kappa shape index (κ1) is 26.1. The van der Waals surface area contributed by atoms with E-state index in [1.165, 1.54) is 81.3 Å². The standard InChI is InChI=1S/C25H48N2/c1-8-27(9-2)21-11-10-18-25(7)26-20-19-24(6)17-13-16-23(5)15-12-14-22(3)4/h14,16,19,25-26H,8-13,15,17-18,20-21H2,1-7H3/b23-16+,24-19+. The second kappa shape index (κ2) is 17.3. The van der Waals surface area contributed by atoms with E-state index in [0.717, 1.165) is 6.54 Å². The van der Waals surface area contributed by atoms with Crippen LogP contribution in [0.1, 0.15) is 93.4 Å². The Balaban J connectivity index is 3.83. The van der Waals surface area contributed by atoms with E-state index in [4.69, 9.17) is 0 Å². The smallest absolute Gasteiger partial charge is 0.0139 e. The third-order valence-corrected chi connectivity index (χ3v) is 5.30. The lowest BCUT2D eigenvalue weighted by molar-refractivity contribution is 0.293. The number of rotatable bonds is 16. The van der Waals surface area contributed by atoms with Crippen LogP contribution in [-0.2, 0) is 0 Å². The summed E-state index contributed by atoms with van der Waals surface area (Å²) in [6.45, 7) is 20.3. The van der Waals surface area contributed by atoms with Gasteiger partial charge in [-0.25, -0.2) is 0 Å². The van der Waals surface area contributed by atoms with Gasteiger partial charge in [0.1, 0.15) is 0 Å². The highest BCUT2D eigenvalue weighted by atomic mass is 15.1. The summed E-state index contributed by atoms with van der Waals surface area (Å²) in [6, 6.07) is 0.614. The van der Waals surface area contributed by atoms with Gasteiger partial charge < -0.3 is 10.2 Å². The maximum Gasteiger partial charge on any atom is 0.0139 e. The van der Waals surface area contributed by atoms with Crippen LogP contribution in [-0.4, -0.2) is 37.1 Å². The summed E-state index contributed by atoms with van der Waals surface area (Å²) in [5, 5.41) is 3.66. The second-order valence-corrected chi connectivity index (χ2v) is 8.29. The molecular formula is C25H48N2. The first-order valence-electron chi connectivity index (χ1n) is 11.3. The average molecular weight is 377 g/mol. The molecule has 2 nitrogen and oxygen atoms in total. The van der Waals surface area contributed by atoms with E-state index in [1.54, 1.807) is 0 Å². The van der Waals surface area contributed by atoms with Crippen molar-refractivity contribution in [1.29, 1.82) is 0 Å². The van der Waals surface area contributed by atoms with Crippen molar-refractivity contribution in [3.63, 3.8) is 0 Å². The van der Waals surface area contributed by atoms with Gasteiger partial charge in [-0.05, 0) is 92.8 Å². The zero-order chi connectivity index (χ0) is 20.5. The highest BCUT2D eigenvalue weighted by Gasteiger charge is 2.02. The van der Waals surface area contributed by atoms with E-state index in [2.05, 4.69) is 76.9 Å². The molecule has 0 aromatic heterocycles. The van der Waals surface area contributed by atoms with Gasteiger partial charge in [-0.2, -0.15) is 0 Å². The van der Waals surface area contributed by atoms with Crippen LogP contribution < -0.4 is 5.32 Å². The van der Waals surface area contributed by atoms with Crippen molar-refractivity contribution >= 4 is 0 Å². The molecule has 1 atom stereocenters. The van der Waals surface area contributed by atoms with E-state index >= 15 is 0 Å². The number of hydrogen-bond acceptors (Lipinski definition) is 2. The van der Waals surface area contributed by atoms with Crippen LogP contribution in [0, 0.1) is 0 Å². The predicted molar refractivity (Wildman–Crippen MR) is 125 cm³/mol. The zero-order valence-corrected chi connectivity index (χ0v) is 19.5. The molecule has 0 aliphatic heterocycles. The maximum absolute atomic E-state index is 3.66. The Bertz CT molecular complexity index is 437. The van der Waals surface area contributed by atoms with Crippen LogP contribution in [0.2, 0.25) is 0 Å². The fraction of sp³-hybridized carbons (Fsp3) is 0.760. The van der Waals surface area contributed by atoms with Crippen molar-refractivity contribution in [2.75, 3.05) is 26.2 Å². The SMILES string of the molecule is CCN(CC)CCCCC(C)NC/C=C(\C)CC/C=C(\C)CCC=C(C)C. The molecule has 0 bridgehead atoms. The van der Waals surface area contributed by atoms with E-state index in [1.807, 2.05) is 0 Å². The molecule has 0 aliphatic rings. The van der Waals surface area contributed by atoms with Crippen molar-refractivity contribution in [3.8, 4) is 0 Å². The molecular weight excluding hydrogens is 328 g/mol. The molecule has 0 radical (unpaired) electrons. The lowest BCUT2D eigenvalue weighted by Crippen LogP contribution is -2.27. The molecule has 27 heavy (non-hydrogen) atoms. The molecule has 0 amide bonds. The minimum absolute atomic E-state index is 0.614. The monoisotopic (exact) mass is 376 g/mol. The molecule has 0 aromatic rings. The molecule has 0 aromatic carbocycles. The van der Waals surface area contributed by atoms with Crippen LogP contribution in [0.15, 0.2) is 34.9 Å². The summed E-state index contributed by atoms with van der Waals surface area (Å²) in [5.41, 5.74) is 4.45. The van der Waals surface area contributed by atoms with E-state index < -0.39 is 0 Å². The van der Waals surface area contributed by atoms with Crippen LogP contribution >= 0.6 is 0 Å². The molecule has 1 unspecified atom stereocenters. The van der Waals surface area contributed by atoms with E-state index in [0.29, 0.717) is 6.04 Å². The first-order valence-corrected chi connectivity index (χ1v) is 11.3. The fourth-order valence-corrected chi connectivity index (χ4v) is 3.20. The molecule has 158 valence electrons. The van der Waals surface area contributed by atoms with Gasteiger partial charge in [-0.15, -0.1) is 0 Å². The normalized spacial score (nSPS) is 13.9. The Morgan fingerprint density at radius 3 is 2.04 bits per heavy atom. The Labute approximate surface area is 171 Å². The molecule has 0 heterocycles. The Hall–Kier alpha value is -0.860. The van der Waals surface area contributed by atoms with Crippen LogP contribution in [0.4, 0.5) is 0 Å². The van der Waals surface area contributed by atoms with Gasteiger partial charge in [0.25, 0.3) is 0 Å². The van der Waals surface area contributed by atoms with Gasteiger partial charge >= 0.3 is 0 Å². The summed E-state index contributed by atoms with van der Waals surface area (Å²) in [5.74, 6) is 0. The van der Waals surface area contributed by atoms with Gasteiger partial charge in [-0.3, -0.25) is 0 Å². The Morgan fingerprint density at radius 1 is 0.852 bits per heavy atom. The Kier molecular flexibility index (Phi) is 16.7. The lowest BCUT2D eigenvalue weighted by atomic mass is 10.1. The molecule has 2 heteroatoms. The second-order valence-electron chi connectivity index (χ2n) is 8.29. The molecule has 1 N–H and O–H groups in total. The first-order chi connectivity index (χ1) is 12.9. The number of nitrogens with one attached hydrogen (secondary N) is 1. The van der Waals surface area contributed by atoms with Crippen LogP contribution in [0.5, 0.6) is 0 Å². The molecule has 0 spiro atoms. The van der Waals surface area contributed by atoms with Crippen molar-refractivity contribution in [1.82, 2.24) is 10.2 Å². The highest BCUT2D eigenvalue weighted by Crippen LogP contribution is 2.11. The molecule has 0 saturated heterocycles. The van der Waals surface area contributed by atoms with Gasteiger partial charge in [0, 0.05) is 12.6 Å².